The Kier molecular flexibility index (Phi) is 7.80. The molecule has 0 unspecified atom stereocenters. The first-order valence-corrected chi connectivity index (χ1v) is 6.02. The predicted molar refractivity (Wildman–Crippen MR) is 67.8 cm³/mol. The molecule has 0 aromatic rings. The molecule has 0 aliphatic rings. The van der Waals surface area contributed by atoms with Crippen LogP contribution in [0.4, 0.5) is 0 Å². The highest BCUT2D eigenvalue weighted by Gasteiger charge is 2.26. The van der Waals surface area contributed by atoms with Gasteiger partial charge >= 0.3 is 5.97 Å². The van der Waals surface area contributed by atoms with E-state index in [0.717, 1.165) is 6.92 Å². The molecule has 0 heterocycles. The minimum atomic E-state index is -1.68. The molecular formula is C12H18N2O6. The Balaban J connectivity index is 4.17. The van der Waals surface area contributed by atoms with E-state index < -0.39 is 36.2 Å². The van der Waals surface area contributed by atoms with Gasteiger partial charge in [-0.3, -0.25) is 14.4 Å². The quantitative estimate of drug-likeness (QED) is 0.467. The zero-order valence-electron chi connectivity index (χ0n) is 11.4. The molecule has 0 aliphatic heterocycles. The van der Waals surface area contributed by atoms with Crippen molar-refractivity contribution in [3.05, 3.63) is 0 Å². The summed E-state index contributed by atoms with van der Waals surface area (Å²) in [5.74, 6) is -3.46. The third kappa shape index (κ3) is 7.96. The average Bonchev–Trinajstić information content (AvgIpc) is 2.32. The molecule has 112 valence electrons. The van der Waals surface area contributed by atoms with Gasteiger partial charge in [0.15, 0.2) is 11.8 Å². The summed E-state index contributed by atoms with van der Waals surface area (Å²) in [7, 11) is 0. The summed E-state index contributed by atoms with van der Waals surface area (Å²) >= 11 is 0. The minimum absolute atomic E-state index is 0.0366. The highest BCUT2D eigenvalue weighted by Crippen LogP contribution is 1.96. The van der Waals surface area contributed by atoms with Crippen molar-refractivity contribution in [3.8, 4) is 0 Å². The number of ketones is 2. The van der Waals surface area contributed by atoms with Crippen LogP contribution in [-0.4, -0.2) is 47.0 Å². The van der Waals surface area contributed by atoms with Gasteiger partial charge < -0.3 is 20.5 Å². The van der Waals surface area contributed by atoms with E-state index in [2.05, 4.69) is 5.32 Å². The molecule has 0 radical (unpaired) electrons. The van der Waals surface area contributed by atoms with Crippen LogP contribution in [0.5, 0.6) is 0 Å². The zero-order valence-corrected chi connectivity index (χ0v) is 11.4. The Morgan fingerprint density at radius 2 is 1.65 bits per heavy atom. The fraction of sp³-hybridized carbons (Fsp3) is 0.583. The molecule has 0 rings (SSSR count). The van der Waals surface area contributed by atoms with Crippen LogP contribution in [0.3, 0.4) is 0 Å². The van der Waals surface area contributed by atoms with Crippen LogP contribution in [-0.2, 0) is 24.0 Å². The highest BCUT2D eigenvalue weighted by molar-refractivity contribution is 6.06. The largest absolute Gasteiger partial charge is 0.479 e. The van der Waals surface area contributed by atoms with Gasteiger partial charge in [-0.05, 0) is 13.3 Å². The van der Waals surface area contributed by atoms with Gasteiger partial charge in [0, 0.05) is 19.8 Å². The minimum Gasteiger partial charge on any atom is -0.479 e. The number of nitrogens with one attached hydrogen (secondary N) is 2. The second-order valence-electron chi connectivity index (χ2n) is 4.27. The molecule has 2 amide bonds. The maximum atomic E-state index is 11.5. The number of carboxylic acids is 1. The van der Waals surface area contributed by atoms with Gasteiger partial charge in [0.05, 0.1) is 6.54 Å². The number of Topliss-reactive ketones (excluding diaryl/α,β-unsaturated/α-hetero) is 2. The lowest BCUT2D eigenvalue weighted by molar-refractivity contribution is -0.145. The summed E-state index contributed by atoms with van der Waals surface area (Å²) in [5.41, 5.74) is 0. The standard InChI is InChI=1S/C12H18N2O6/c1-7(15)4-3-5-10(18)13-6-9(17)11(12(19)20)14-8(2)16/h11H,3-6H2,1-2H3,(H,13,18)(H,14,16)(H,19,20)/t11-/m1/s1. The first kappa shape index (κ1) is 17.8. The lowest BCUT2D eigenvalue weighted by Crippen LogP contribution is -2.49. The van der Waals surface area contributed by atoms with Crippen LogP contribution in [0.15, 0.2) is 0 Å². The second-order valence-corrected chi connectivity index (χ2v) is 4.27. The summed E-state index contributed by atoms with van der Waals surface area (Å²) in [6, 6.07) is -1.68. The summed E-state index contributed by atoms with van der Waals surface area (Å²) in [6.07, 6.45) is 0.707. The monoisotopic (exact) mass is 286 g/mol. The van der Waals surface area contributed by atoms with E-state index in [1.807, 2.05) is 5.32 Å². The van der Waals surface area contributed by atoms with Crippen LogP contribution in [0.2, 0.25) is 0 Å². The Morgan fingerprint density at radius 3 is 2.10 bits per heavy atom. The summed E-state index contributed by atoms with van der Waals surface area (Å²) in [5, 5.41) is 13.0. The number of carbonyl (C=O) groups is 5. The molecule has 3 N–H and O–H groups in total. The SMILES string of the molecule is CC(=O)CCCC(=O)NCC(=O)[C@@H](NC(C)=O)C(=O)O. The maximum absolute atomic E-state index is 11.5. The van der Waals surface area contributed by atoms with E-state index >= 15 is 0 Å². The number of hydrogen-bond acceptors (Lipinski definition) is 5. The highest BCUT2D eigenvalue weighted by atomic mass is 16.4. The van der Waals surface area contributed by atoms with Crippen molar-refractivity contribution in [2.75, 3.05) is 6.54 Å². The molecular weight excluding hydrogens is 268 g/mol. The van der Waals surface area contributed by atoms with E-state index in [0.29, 0.717) is 6.42 Å². The molecule has 0 spiro atoms. The van der Waals surface area contributed by atoms with E-state index in [9.17, 15) is 24.0 Å². The number of carbonyl (C=O) groups excluding carboxylic acids is 4. The van der Waals surface area contributed by atoms with Crippen LogP contribution < -0.4 is 10.6 Å². The molecule has 0 aromatic heterocycles. The van der Waals surface area contributed by atoms with Crippen molar-refractivity contribution in [1.29, 1.82) is 0 Å². The number of carboxylic acid groups (broad SMARTS) is 1. The molecule has 8 heteroatoms. The number of aliphatic carboxylic acids is 1. The Bertz CT molecular complexity index is 418. The van der Waals surface area contributed by atoms with Crippen LogP contribution in [0.1, 0.15) is 33.1 Å². The summed E-state index contributed by atoms with van der Waals surface area (Å²) in [6.45, 7) is 2.01. The second kappa shape index (κ2) is 8.78. The third-order valence-electron chi connectivity index (χ3n) is 2.31. The van der Waals surface area contributed by atoms with Crippen LogP contribution in [0, 0.1) is 0 Å². The molecule has 8 nitrogen and oxygen atoms in total. The van der Waals surface area contributed by atoms with Crippen LogP contribution in [0.25, 0.3) is 0 Å². The molecule has 0 fully saturated rings. The van der Waals surface area contributed by atoms with Gasteiger partial charge in [0.25, 0.3) is 0 Å². The van der Waals surface area contributed by atoms with Crippen molar-refractivity contribution in [3.63, 3.8) is 0 Å². The summed E-state index contributed by atoms with van der Waals surface area (Å²) < 4.78 is 0. The van der Waals surface area contributed by atoms with Crippen molar-refractivity contribution in [2.24, 2.45) is 0 Å². The predicted octanol–water partition coefficient (Wildman–Crippen LogP) is -0.980. The van der Waals surface area contributed by atoms with Gasteiger partial charge in [0.1, 0.15) is 5.78 Å². The van der Waals surface area contributed by atoms with Crippen molar-refractivity contribution < 1.29 is 29.1 Å². The van der Waals surface area contributed by atoms with E-state index in [1.54, 1.807) is 0 Å². The molecule has 0 aromatic carbocycles. The molecule has 0 saturated carbocycles. The fourth-order valence-corrected chi connectivity index (χ4v) is 1.36. The fourth-order valence-electron chi connectivity index (χ4n) is 1.36. The van der Waals surface area contributed by atoms with Gasteiger partial charge in [-0.2, -0.15) is 0 Å². The lowest BCUT2D eigenvalue weighted by Gasteiger charge is -2.12. The molecule has 0 aliphatic carbocycles. The van der Waals surface area contributed by atoms with Crippen molar-refractivity contribution in [2.45, 2.75) is 39.2 Å². The van der Waals surface area contributed by atoms with Crippen molar-refractivity contribution in [1.82, 2.24) is 10.6 Å². The van der Waals surface area contributed by atoms with Gasteiger partial charge in [-0.15, -0.1) is 0 Å². The first-order valence-electron chi connectivity index (χ1n) is 6.02. The topological polar surface area (TPSA) is 130 Å². The van der Waals surface area contributed by atoms with E-state index in [-0.39, 0.29) is 18.6 Å². The van der Waals surface area contributed by atoms with Crippen molar-refractivity contribution >= 4 is 29.4 Å². The Labute approximate surface area is 115 Å². The molecule has 0 bridgehead atoms. The third-order valence-corrected chi connectivity index (χ3v) is 2.31. The van der Waals surface area contributed by atoms with Gasteiger partial charge in [0.2, 0.25) is 11.8 Å². The normalized spacial score (nSPS) is 11.3. The number of rotatable bonds is 9. The van der Waals surface area contributed by atoms with E-state index in [4.69, 9.17) is 5.11 Å². The van der Waals surface area contributed by atoms with Gasteiger partial charge in [-0.25, -0.2) is 4.79 Å². The molecule has 0 saturated heterocycles. The number of amides is 2. The molecule has 20 heavy (non-hydrogen) atoms. The first-order chi connectivity index (χ1) is 9.23. The molecule has 1 atom stereocenters. The maximum Gasteiger partial charge on any atom is 0.334 e. The number of hydrogen-bond donors (Lipinski definition) is 3. The lowest BCUT2D eigenvalue weighted by atomic mass is 10.1. The smallest absolute Gasteiger partial charge is 0.334 e. The Hall–Kier alpha value is -2.25. The van der Waals surface area contributed by atoms with E-state index in [1.165, 1.54) is 6.92 Å². The van der Waals surface area contributed by atoms with Crippen LogP contribution >= 0.6 is 0 Å². The Morgan fingerprint density at radius 1 is 1.05 bits per heavy atom. The summed E-state index contributed by atoms with van der Waals surface area (Å²) in [4.78, 5) is 55.1. The zero-order chi connectivity index (χ0) is 15.7. The van der Waals surface area contributed by atoms with Gasteiger partial charge in [-0.1, -0.05) is 0 Å². The average molecular weight is 286 g/mol.